The van der Waals surface area contributed by atoms with Crippen molar-refractivity contribution < 1.29 is 47.7 Å². The molecule has 0 aliphatic heterocycles. The highest BCUT2D eigenvalue weighted by atomic mass is 16.5. The van der Waals surface area contributed by atoms with Crippen molar-refractivity contribution in [2.45, 2.75) is 78.1 Å². The van der Waals surface area contributed by atoms with Crippen LogP contribution >= 0.6 is 0 Å². The van der Waals surface area contributed by atoms with Crippen LogP contribution in [-0.4, -0.2) is 87.9 Å². The number of hydrogen-bond acceptors (Lipinski definition) is 10. The number of urea groups is 2. The fourth-order valence-corrected chi connectivity index (χ4v) is 8.54. The van der Waals surface area contributed by atoms with Crippen LogP contribution in [0, 0.1) is 0 Å². The van der Waals surface area contributed by atoms with E-state index in [1.165, 1.54) is 24.3 Å². The summed E-state index contributed by atoms with van der Waals surface area (Å²) in [6, 6.07) is 25.4. The van der Waals surface area contributed by atoms with Gasteiger partial charge in [0.25, 0.3) is 0 Å². The molecule has 0 unspecified atom stereocenters. The lowest BCUT2D eigenvalue weighted by molar-refractivity contribution is -0.115. The highest BCUT2D eigenvalue weighted by Gasteiger charge is 2.31. The summed E-state index contributed by atoms with van der Waals surface area (Å²) < 4.78 is 24.8. The Kier molecular flexibility index (Phi) is 17.2. The van der Waals surface area contributed by atoms with Gasteiger partial charge in [0, 0.05) is 72.4 Å². The van der Waals surface area contributed by atoms with Crippen LogP contribution in [0.5, 0.6) is 11.5 Å². The van der Waals surface area contributed by atoms with Crippen molar-refractivity contribution >= 4 is 46.6 Å². The predicted octanol–water partition coefficient (Wildman–Crippen LogP) is 8.61. The first-order chi connectivity index (χ1) is 34.4. The molecule has 0 spiro atoms. The maximum Gasteiger partial charge on any atom is 0.319 e. The Morgan fingerprint density at radius 1 is 0.458 bits per heavy atom. The van der Waals surface area contributed by atoms with E-state index >= 15 is 0 Å². The number of allylic oxidation sites excluding steroid dienone is 8. The molecule has 3 aliphatic rings. The van der Waals surface area contributed by atoms with Gasteiger partial charge < -0.3 is 40.2 Å². The van der Waals surface area contributed by atoms with Crippen LogP contribution < -0.4 is 30.7 Å². The van der Waals surface area contributed by atoms with Crippen molar-refractivity contribution in [1.82, 2.24) is 10.6 Å². The molecule has 14 heteroatoms. The molecule has 0 atom stereocenters. The Hall–Kier alpha value is -7.42. The van der Waals surface area contributed by atoms with Gasteiger partial charge in [-0.1, -0.05) is 102 Å². The SMILES string of the molecule is CC(C)(C)c1cc2c(OCCOCCNC(=O)Nc3ccccc3)c(c1)CC1=CC(=O)C=C(Cc3cc(C(C)(C)C)cc(c3OCCOCCNC(=O)Nc3ccccc3)CC3=CC(=O)C=C(C2)C3=O)C1=O. The third kappa shape index (κ3) is 14.4. The molecule has 0 saturated heterocycles. The van der Waals surface area contributed by atoms with E-state index in [0.29, 0.717) is 45.1 Å². The lowest BCUT2D eigenvalue weighted by Crippen LogP contribution is -2.31. The monoisotopic (exact) mass is 976 g/mol. The van der Waals surface area contributed by atoms with Crippen molar-refractivity contribution in [3.63, 3.8) is 0 Å². The molecule has 4 N–H and O–H groups in total. The normalized spacial score (nSPS) is 14.9. The molecule has 0 aromatic heterocycles. The number of benzene rings is 4. The van der Waals surface area contributed by atoms with Crippen LogP contribution in [0.25, 0.3) is 0 Å². The third-order valence-electron chi connectivity index (χ3n) is 12.2. The van der Waals surface area contributed by atoms with Gasteiger partial charge in [0.15, 0.2) is 23.1 Å². The molecule has 4 aromatic carbocycles. The Bertz CT molecular complexity index is 2540. The average molecular weight is 977 g/mol. The molecule has 72 heavy (non-hydrogen) atoms. The smallest absolute Gasteiger partial charge is 0.319 e. The molecule has 3 aliphatic carbocycles. The van der Waals surface area contributed by atoms with Crippen LogP contribution in [0.15, 0.2) is 132 Å². The lowest BCUT2D eigenvalue weighted by atomic mass is 9.79. The van der Waals surface area contributed by atoms with E-state index in [4.69, 9.17) is 18.9 Å². The summed E-state index contributed by atoms with van der Waals surface area (Å²) in [5.74, 6) is -0.357. The second-order valence-corrected chi connectivity index (χ2v) is 20.0. The van der Waals surface area contributed by atoms with E-state index in [1.54, 1.807) is 24.3 Å². The molecule has 0 radical (unpaired) electrons. The van der Waals surface area contributed by atoms with Gasteiger partial charge in [-0.05, 0) is 92.8 Å². The molecular weight excluding hydrogens is 913 g/mol. The molecule has 0 fully saturated rings. The number of nitrogens with one attached hydrogen (secondary N) is 4. The second-order valence-electron chi connectivity index (χ2n) is 20.0. The number of hydrogen-bond donors (Lipinski definition) is 4. The lowest BCUT2D eigenvalue weighted by Gasteiger charge is -2.27. The van der Waals surface area contributed by atoms with Gasteiger partial charge >= 0.3 is 12.1 Å². The largest absolute Gasteiger partial charge is 0.491 e. The number of fused-ring (bicyclic) bond motifs is 8. The average Bonchev–Trinajstić information content (AvgIpc) is 3.32. The highest BCUT2D eigenvalue weighted by molar-refractivity contribution is 6.21. The molecule has 7 rings (SSSR count). The molecular formula is C58H64N4O10. The van der Waals surface area contributed by atoms with Gasteiger partial charge in [-0.15, -0.1) is 0 Å². The first-order valence-corrected chi connectivity index (χ1v) is 24.3. The number of anilines is 2. The van der Waals surface area contributed by atoms with Crippen LogP contribution in [0.4, 0.5) is 21.0 Å². The predicted molar refractivity (Wildman–Crippen MR) is 277 cm³/mol. The third-order valence-corrected chi connectivity index (χ3v) is 12.2. The minimum Gasteiger partial charge on any atom is -0.491 e. The number of Topliss-reactive ketones (excluding diaryl/α,β-unsaturated/α-hetero) is 2. The summed E-state index contributed by atoms with van der Waals surface area (Å²) in [5.41, 5.74) is 6.06. The van der Waals surface area contributed by atoms with Gasteiger partial charge in [-0.2, -0.15) is 0 Å². The number of carbonyl (C=O) groups is 6. The molecule has 8 bridgehead atoms. The summed E-state index contributed by atoms with van der Waals surface area (Å²) in [4.78, 5) is 81.5. The summed E-state index contributed by atoms with van der Waals surface area (Å²) >= 11 is 0. The number of amides is 4. The van der Waals surface area contributed by atoms with Crippen LogP contribution in [0.3, 0.4) is 0 Å². The van der Waals surface area contributed by atoms with Crippen molar-refractivity contribution in [3.05, 3.63) is 165 Å². The maximum atomic E-state index is 14.7. The molecule has 4 amide bonds. The van der Waals surface area contributed by atoms with Gasteiger partial charge in [-0.25, -0.2) is 9.59 Å². The first-order valence-electron chi connectivity index (χ1n) is 24.3. The first kappa shape index (κ1) is 52.4. The molecule has 0 heterocycles. The van der Waals surface area contributed by atoms with Crippen LogP contribution in [-0.2, 0) is 65.2 Å². The van der Waals surface area contributed by atoms with Crippen LogP contribution in [0.1, 0.15) is 74.9 Å². The van der Waals surface area contributed by atoms with E-state index in [0.717, 1.165) is 11.1 Å². The summed E-state index contributed by atoms with van der Waals surface area (Å²) in [6.45, 7) is 13.7. The number of carbonyl (C=O) groups excluding carboxylic acids is 6. The number of rotatable bonds is 16. The fourth-order valence-electron chi connectivity index (χ4n) is 8.54. The van der Waals surface area contributed by atoms with Crippen molar-refractivity contribution in [2.75, 3.05) is 63.4 Å². The number of para-hydroxylation sites is 2. The Balaban J connectivity index is 1.14. The van der Waals surface area contributed by atoms with Crippen molar-refractivity contribution in [2.24, 2.45) is 0 Å². The minimum atomic E-state index is -0.381. The van der Waals surface area contributed by atoms with E-state index in [2.05, 4.69) is 62.8 Å². The fraction of sp³-hybridized carbons (Fsp3) is 0.345. The maximum absolute atomic E-state index is 14.7. The quantitative estimate of drug-likeness (QED) is 0.0626. The Labute approximate surface area is 421 Å². The standard InChI is InChI=1S/C58H64N4O10/c1-57(2,3)45-29-41-25-37-33-49(63)35-39(51(37)65)27-43-31-46(58(4,5)6)32-44(54(43)72-24-22-70-20-18-60-56(68)62-48-15-11-8-12-16-48)28-40-36-50(64)34-38(52(40)66)26-42(30-45)53(41)71-23-21-69-19-17-59-55(67)61-47-13-9-7-10-14-47/h7-16,29-36H,17-28H2,1-6H3,(H2,59,61,67)(H2,60,62,68). The Morgan fingerprint density at radius 3 is 1.08 bits per heavy atom. The molecule has 4 aromatic rings. The minimum absolute atomic E-state index is 0.0449. The molecule has 376 valence electrons. The van der Waals surface area contributed by atoms with E-state index in [-0.39, 0.29) is 147 Å². The van der Waals surface area contributed by atoms with E-state index in [1.807, 2.05) is 60.7 Å². The Morgan fingerprint density at radius 2 is 0.778 bits per heavy atom. The summed E-state index contributed by atoms with van der Waals surface area (Å²) in [6.07, 6.45) is 5.68. The highest BCUT2D eigenvalue weighted by Crippen LogP contribution is 2.40. The van der Waals surface area contributed by atoms with Gasteiger partial charge in [0.2, 0.25) is 0 Å². The van der Waals surface area contributed by atoms with Gasteiger partial charge in [0.05, 0.1) is 26.4 Å². The topological polar surface area (TPSA) is 187 Å². The van der Waals surface area contributed by atoms with Crippen molar-refractivity contribution in [3.8, 4) is 11.5 Å². The zero-order valence-corrected chi connectivity index (χ0v) is 42.0. The molecule has 14 nitrogen and oxygen atoms in total. The van der Waals surface area contributed by atoms with E-state index in [9.17, 15) is 28.8 Å². The zero-order chi connectivity index (χ0) is 51.4. The van der Waals surface area contributed by atoms with Crippen molar-refractivity contribution in [1.29, 1.82) is 0 Å². The van der Waals surface area contributed by atoms with Gasteiger partial charge in [0.1, 0.15) is 24.7 Å². The number of ketones is 4. The molecule has 0 saturated carbocycles. The van der Waals surface area contributed by atoms with Gasteiger partial charge in [-0.3, -0.25) is 19.2 Å². The summed E-state index contributed by atoms with van der Waals surface area (Å²) in [5, 5.41) is 11.1. The van der Waals surface area contributed by atoms with Crippen LogP contribution in [0.2, 0.25) is 0 Å². The summed E-state index contributed by atoms with van der Waals surface area (Å²) in [7, 11) is 0. The van der Waals surface area contributed by atoms with E-state index < -0.39 is 0 Å². The zero-order valence-electron chi connectivity index (χ0n) is 42.0. The second kappa shape index (κ2) is 23.7. The number of ether oxygens (including phenoxy) is 4.